The highest BCUT2D eigenvalue weighted by molar-refractivity contribution is 5.14. The van der Waals surface area contributed by atoms with Crippen LogP contribution in [0.25, 0.3) is 0 Å². The summed E-state index contributed by atoms with van der Waals surface area (Å²) in [6.07, 6.45) is 7.80. The summed E-state index contributed by atoms with van der Waals surface area (Å²) in [5, 5.41) is 8.86. The van der Waals surface area contributed by atoms with Crippen molar-refractivity contribution in [1.82, 2.24) is 4.90 Å². The Morgan fingerprint density at radius 1 is 1.00 bits per heavy atom. The molecule has 0 amide bonds. The molecule has 0 bridgehead atoms. The maximum atomic E-state index is 8.86. The van der Waals surface area contributed by atoms with Gasteiger partial charge in [-0.05, 0) is 44.2 Å². The SMILES string of the molecule is C.CC.CC.CC1CCCCC1OCCc1ccccc1.CN1CCC(O)C1. The van der Waals surface area contributed by atoms with Gasteiger partial charge in [0.25, 0.3) is 0 Å². The molecular formula is C25H49NO2. The third-order valence-electron chi connectivity index (χ3n) is 4.96. The number of aliphatic hydroxyl groups is 1. The van der Waals surface area contributed by atoms with E-state index in [1.54, 1.807) is 0 Å². The van der Waals surface area contributed by atoms with Gasteiger partial charge in [0.15, 0.2) is 0 Å². The minimum Gasteiger partial charge on any atom is -0.392 e. The largest absolute Gasteiger partial charge is 0.392 e. The fraction of sp³-hybridized carbons (Fsp3) is 0.760. The standard InChI is InChI=1S/C15H22O.C5H11NO.2C2H6.CH4/c1-13-7-5-6-10-15(13)16-12-11-14-8-3-2-4-9-14;1-6-3-2-5(7)4-6;2*1-2;/h2-4,8-9,13,15H,5-7,10-12H2,1H3;5,7H,2-4H2,1H3;2*1-2H3;1H4. The molecular weight excluding hydrogens is 346 g/mol. The van der Waals surface area contributed by atoms with Crippen molar-refractivity contribution in [2.45, 2.75) is 92.8 Å². The van der Waals surface area contributed by atoms with Crippen LogP contribution in [0.3, 0.4) is 0 Å². The molecule has 1 aromatic carbocycles. The summed E-state index contributed by atoms with van der Waals surface area (Å²) in [7, 11) is 2.02. The first kappa shape index (κ1) is 29.3. The van der Waals surface area contributed by atoms with E-state index in [9.17, 15) is 0 Å². The molecule has 3 rings (SSSR count). The first-order valence-electron chi connectivity index (χ1n) is 11.2. The summed E-state index contributed by atoms with van der Waals surface area (Å²) >= 11 is 0. The quantitative estimate of drug-likeness (QED) is 0.659. The Morgan fingerprint density at radius 3 is 2.07 bits per heavy atom. The van der Waals surface area contributed by atoms with Crippen LogP contribution >= 0.6 is 0 Å². The van der Waals surface area contributed by atoms with E-state index in [-0.39, 0.29) is 13.5 Å². The van der Waals surface area contributed by atoms with E-state index < -0.39 is 0 Å². The molecule has 0 aromatic heterocycles. The Morgan fingerprint density at radius 2 is 1.61 bits per heavy atom. The lowest BCUT2D eigenvalue weighted by Gasteiger charge is -2.28. The number of rotatable bonds is 4. The number of ether oxygens (including phenoxy) is 1. The molecule has 3 unspecified atom stereocenters. The van der Waals surface area contributed by atoms with E-state index in [2.05, 4.69) is 42.2 Å². The molecule has 28 heavy (non-hydrogen) atoms. The topological polar surface area (TPSA) is 32.7 Å². The number of nitrogens with zero attached hydrogens (tertiary/aromatic N) is 1. The van der Waals surface area contributed by atoms with Gasteiger partial charge in [0, 0.05) is 13.1 Å². The molecule has 166 valence electrons. The zero-order valence-corrected chi connectivity index (χ0v) is 18.8. The number of aliphatic hydroxyl groups excluding tert-OH is 1. The van der Waals surface area contributed by atoms with Gasteiger partial charge in [0.1, 0.15) is 0 Å². The molecule has 3 heteroatoms. The van der Waals surface area contributed by atoms with Crippen LogP contribution in [0.4, 0.5) is 0 Å². The van der Waals surface area contributed by atoms with Gasteiger partial charge >= 0.3 is 0 Å². The summed E-state index contributed by atoms with van der Waals surface area (Å²) in [4.78, 5) is 2.13. The third-order valence-corrected chi connectivity index (χ3v) is 4.96. The number of likely N-dealkylation sites (N-methyl/N-ethyl adjacent to an activating group) is 1. The van der Waals surface area contributed by atoms with Crippen molar-refractivity contribution in [3.05, 3.63) is 35.9 Å². The smallest absolute Gasteiger partial charge is 0.0679 e. The first-order valence-corrected chi connectivity index (χ1v) is 11.2. The van der Waals surface area contributed by atoms with E-state index >= 15 is 0 Å². The maximum absolute atomic E-state index is 8.86. The molecule has 1 saturated carbocycles. The molecule has 1 aliphatic heterocycles. The Bertz CT molecular complexity index is 416. The van der Waals surface area contributed by atoms with Gasteiger partial charge in [-0.2, -0.15) is 0 Å². The Labute approximate surface area is 176 Å². The first-order chi connectivity index (χ1) is 13.1. The van der Waals surface area contributed by atoms with Crippen LogP contribution in [0.5, 0.6) is 0 Å². The predicted molar refractivity (Wildman–Crippen MR) is 125 cm³/mol. The van der Waals surface area contributed by atoms with E-state index in [1.807, 2.05) is 34.7 Å². The fourth-order valence-corrected chi connectivity index (χ4v) is 3.41. The predicted octanol–water partition coefficient (Wildman–Crippen LogP) is 6.20. The van der Waals surface area contributed by atoms with Crippen molar-refractivity contribution < 1.29 is 9.84 Å². The lowest BCUT2D eigenvalue weighted by Crippen LogP contribution is -2.26. The number of benzene rings is 1. The van der Waals surface area contributed by atoms with Crippen molar-refractivity contribution in [2.75, 3.05) is 26.7 Å². The molecule has 1 aromatic rings. The normalized spacial score (nSPS) is 23.6. The second-order valence-corrected chi connectivity index (χ2v) is 7.11. The van der Waals surface area contributed by atoms with Gasteiger partial charge in [-0.3, -0.25) is 0 Å². The van der Waals surface area contributed by atoms with Crippen molar-refractivity contribution in [3.63, 3.8) is 0 Å². The molecule has 2 fully saturated rings. The van der Waals surface area contributed by atoms with Crippen LogP contribution in [-0.4, -0.2) is 49.0 Å². The van der Waals surface area contributed by atoms with Gasteiger partial charge in [0.2, 0.25) is 0 Å². The zero-order chi connectivity index (χ0) is 20.5. The monoisotopic (exact) mass is 395 g/mol. The Kier molecular flexibility index (Phi) is 20.3. The van der Waals surface area contributed by atoms with Gasteiger partial charge in [0.05, 0.1) is 18.8 Å². The van der Waals surface area contributed by atoms with Crippen molar-refractivity contribution in [1.29, 1.82) is 0 Å². The average Bonchev–Trinajstić information content (AvgIpc) is 3.10. The molecule has 3 atom stereocenters. The Balaban J connectivity index is 0. The molecule has 1 saturated heterocycles. The van der Waals surface area contributed by atoms with Gasteiger partial charge in [-0.1, -0.05) is 85.2 Å². The minimum atomic E-state index is -0.0509. The molecule has 0 radical (unpaired) electrons. The fourth-order valence-electron chi connectivity index (χ4n) is 3.41. The van der Waals surface area contributed by atoms with Crippen LogP contribution in [0, 0.1) is 5.92 Å². The second-order valence-electron chi connectivity index (χ2n) is 7.11. The summed E-state index contributed by atoms with van der Waals surface area (Å²) in [5.41, 5.74) is 1.38. The number of hydrogen-bond donors (Lipinski definition) is 1. The number of likely N-dealkylation sites (tertiary alicyclic amines) is 1. The van der Waals surface area contributed by atoms with E-state index in [4.69, 9.17) is 9.84 Å². The van der Waals surface area contributed by atoms with Crippen LogP contribution in [0.15, 0.2) is 30.3 Å². The third kappa shape index (κ3) is 13.3. The Hall–Kier alpha value is -0.900. The second kappa shape index (κ2) is 19.4. The highest BCUT2D eigenvalue weighted by Crippen LogP contribution is 2.26. The highest BCUT2D eigenvalue weighted by atomic mass is 16.5. The van der Waals surface area contributed by atoms with Gasteiger partial charge < -0.3 is 14.7 Å². The summed E-state index contributed by atoms with van der Waals surface area (Å²) in [6, 6.07) is 10.6. The van der Waals surface area contributed by atoms with Gasteiger partial charge in [-0.25, -0.2) is 0 Å². The minimum absolute atomic E-state index is 0. The lowest BCUT2D eigenvalue weighted by atomic mass is 9.88. The van der Waals surface area contributed by atoms with Crippen molar-refractivity contribution in [2.24, 2.45) is 5.92 Å². The zero-order valence-electron chi connectivity index (χ0n) is 18.8. The molecule has 1 aliphatic carbocycles. The highest BCUT2D eigenvalue weighted by Gasteiger charge is 2.21. The molecule has 3 nitrogen and oxygen atoms in total. The number of hydrogen-bond acceptors (Lipinski definition) is 3. The van der Waals surface area contributed by atoms with Crippen molar-refractivity contribution in [3.8, 4) is 0 Å². The molecule has 0 spiro atoms. The van der Waals surface area contributed by atoms with Crippen molar-refractivity contribution >= 4 is 0 Å². The molecule has 1 N–H and O–H groups in total. The van der Waals surface area contributed by atoms with Crippen LogP contribution < -0.4 is 0 Å². The molecule has 1 heterocycles. The van der Waals surface area contributed by atoms with E-state index in [0.29, 0.717) is 6.10 Å². The summed E-state index contributed by atoms with van der Waals surface area (Å²) < 4.78 is 6.00. The summed E-state index contributed by atoms with van der Waals surface area (Å²) in [6.45, 7) is 13.1. The van der Waals surface area contributed by atoms with E-state index in [0.717, 1.165) is 38.5 Å². The average molecular weight is 396 g/mol. The van der Waals surface area contributed by atoms with Crippen LogP contribution in [0.1, 0.15) is 79.7 Å². The lowest BCUT2D eigenvalue weighted by molar-refractivity contribution is -0.00333. The maximum Gasteiger partial charge on any atom is 0.0679 e. The number of β-amino-alcohol motifs (C(OH)–C–C–N with tert-alkyl or cyclic N) is 1. The van der Waals surface area contributed by atoms with Crippen LogP contribution in [0.2, 0.25) is 0 Å². The van der Waals surface area contributed by atoms with E-state index in [1.165, 1.54) is 31.2 Å². The van der Waals surface area contributed by atoms with Gasteiger partial charge in [-0.15, -0.1) is 0 Å². The van der Waals surface area contributed by atoms with Crippen LogP contribution in [-0.2, 0) is 11.2 Å². The summed E-state index contributed by atoms with van der Waals surface area (Å²) in [5.74, 6) is 0.754. The molecule has 2 aliphatic rings.